The molecule has 1 aliphatic rings. The normalized spacial score (nSPS) is 15.8. The number of hydrogen-bond acceptors (Lipinski definition) is 8. The number of H-pyrrole nitrogens is 1. The molecule has 0 amide bonds. The molecule has 0 bridgehead atoms. The van der Waals surface area contributed by atoms with E-state index in [-0.39, 0.29) is 4.90 Å². The van der Waals surface area contributed by atoms with E-state index in [2.05, 4.69) is 25.1 Å². The summed E-state index contributed by atoms with van der Waals surface area (Å²) in [5.74, 6) is 0.896. The Balaban J connectivity index is 1.88. The highest BCUT2D eigenvalue weighted by atomic mass is 32.2. The van der Waals surface area contributed by atoms with E-state index in [1.54, 1.807) is 12.1 Å². The third kappa shape index (κ3) is 3.78. The molecule has 1 fully saturated rings. The maximum absolute atomic E-state index is 11.9. The van der Waals surface area contributed by atoms with Crippen molar-refractivity contribution in [3.05, 3.63) is 24.3 Å². The summed E-state index contributed by atoms with van der Waals surface area (Å²) in [6.07, 6.45) is 0. The van der Waals surface area contributed by atoms with Gasteiger partial charge in [-0.1, -0.05) is 6.07 Å². The lowest BCUT2D eigenvalue weighted by atomic mass is 10.3. The van der Waals surface area contributed by atoms with Gasteiger partial charge in [-0.3, -0.25) is 5.10 Å². The van der Waals surface area contributed by atoms with E-state index in [0.717, 1.165) is 0 Å². The van der Waals surface area contributed by atoms with E-state index in [1.807, 2.05) is 4.90 Å². The zero-order valence-corrected chi connectivity index (χ0v) is 14.5. The third-order valence-corrected chi connectivity index (χ3v) is 5.13. The Bertz CT molecular complexity index is 872. The van der Waals surface area contributed by atoms with Gasteiger partial charge in [0, 0.05) is 13.1 Å². The molecule has 10 nitrogen and oxygen atoms in total. The van der Waals surface area contributed by atoms with Gasteiger partial charge in [-0.25, -0.2) is 13.1 Å². The van der Waals surface area contributed by atoms with E-state index in [4.69, 9.17) is 10.5 Å². The molecule has 0 saturated carbocycles. The molecule has 1 aromatic heterocycles. The van der Waals surface area contributed by atoms with Crippen molar-refractivity contribution in [3.8, 4) is 0 Å². The Hall–Kier alpha value is -2.50. The smallest absolute Gasteiger partial charge is 0.240 e. The van der Waals surface area contributed by atoms with Gasteiger partial charge in [-0.15, -0.1) is 5.11 Å². The highest BCUT2D eigenvalue weighted by Gasteiger charge is 2.20. The molecule has 1 aromatic carbocycles. The lowest BCUT2D eigenvalue weighted by molar-refractivity contribution is 0.122. The van der Waals surface area contributed by atoms with Crippen LogP contribution in [0.15, 0.2) is 39.4 Å². The van der Waals surface area contributed by atoms with E-state index in [9.17, 15) is 8.42 Å². The highest BCUT2D eigenvalue weighted by Crippen LogP contribution is 2.33. The molecule has 2 aromatic rings. The quantitative estimate of drug-likeness (QED) is 0.680. The van der Waals surface area contributed by atoms with Crippen LogP contribution in [0.1, 0.15) is 0 Å². The largest absolute Gasteiger partial charge is 0.382 e. The first-order valence-corrected chi connectivity index (χ1v) is 9.11. The number of aromatic nitrogens is 2. The number of benzene rings is 1. The first-order chi connectivity index (χ1) is 12.0. The van der Waals surface area contributed by atoms with Crippen LogP contribution in [-0.4, -0.2) is 52.0 Å². The van der Waals surface area contributed by atoms with Gasteiger partial charge in [0.25, 0.3) is 0 Å². The van der Waals surface area contributed by atoms with Gasteiger partial charge in [0.15, 0.2) is 11.5 Å². The van der Waals surface area contributed by atoms with Crippen LogP contribution in [0, 0.1) is 0 Å². The minimum atomic E-state index is -3.54. The maximum atomic E-state index is 11.9. The fourth-order valence-corrected chi connectivity index (χ4v) is 3.14. The van der Waals surface area contributed by atoms with Crippen LogP contribution >= 0.6 is 0 Å². The Morgan fingerprint density at radius 3 is 2.80 bits per heavy atom. The number of ether oxygens (including phenoxy) is 1. The molecule has 25 heavy (non-hydrogen) atoms. The zero-order valence-electron chi connectivity index (χ0n) is 13.6. The van der Waals surface area contributed by atoms with Crippen molar-refractivity contribution in [2.24, 2.45) is 10.2 Å². The zero-order chi connectivity index (χ0) is 17.9. The Labute approximate surface area is 145 Å². The number of nitrogen functional groups attached to an aromatic ring is 1. The standard InChI is InChI=1S/C14H19N7O3S/c1-16-25(22,23)11-4-2-3-10(9-11)17-18-12-13(15)19-20-14(12)21-5-7-24-8-6-21/h2-4,9,16H,5-8H2,1H3,(H3,15,19,20). The lowest BCUT2D eigenvalue weighted by Crippen LogP contribution is -2.36. The predicted octanol–water partition coefficient (Wildman–Crippen LogP) is 1.15. The average Bonchev–Trinajstić information content (AvgIpc) is 3.01. The lowest BCUT2D eigenvalue weighted by Gasteiger charge is -2.26. The van der Waals surface area contributed by atoms with Crippen molar-refractivity contribution < 1.29 is 13.2 Å². The molecule has 0 aliphatic carbocycles. The van der Waals surface area contributed by atoms with E-state index in [1.165, 1.54) is 19.2 Å². The number of aromatic amines is 1. The number of anilines is 2. The average molecular weight is 365 g/mol. The van der Waals surface area contributed by atoms with Gasteiger partial charge in [0.1, 0.15) is 5.82 Å². The second-order valence-corrected chi connectivity index (χ2v) is 7.20. The molecule has 1 aliphatic heterocycles. The molecule has 0 unspecified atom stereocenters. The minimum absolute atomic E-state index is 0.111. The van der Waals surface area contributed by atoms with E-state index < -0.39 is 10.0 Å². The monoisotopic (exact) mass is 365 g/mol. The van der Waals surface area contributed by atoms with Crippen molar-refractivity contribution >= 4 is 33.0 Å². The van der Waals surface area contributed by atoms with Crippen molar-refractivity contribution in [3.63, 3.8) is 0 Å². The number of hydrogen-bond donors (Lipinski definition) is 3. The molecular formula is C14H19N7O3S. The third-order valence-electron chi connectivity index (χ3n) is 3.72. The molecule has 4 N–H and O–H groups in total. The molecule has 1 saturated heterocycles. The van der Waals surface area contributed by atoms with Gasteiger partial charge in [0.2, 0.25) is 10.0 Å². The molecule has 0 spiro atoms. The molecule has 0 atom stereocenters. The van der Waals surface area contributed by atoms with Gasteiger partial charge < -0.3 is 15.4 Å². The van der Waals surface area contributed by atoms with Gasteiger partial charge in [-0.05, 0) is 25.2 Å². The minimum Gasteiger partial charge on any atom is -0.382 e. The molecular weight excluding hydrogens is 346 g/mol. The van der Waals surface area contributed by atoms with Crippen LogP contribution in [-0.2, 0) is 14.8 Å². The van der Waals surface area contributed by atoms with Crippen molar-refractivity contribution in [1.29, 1.82) is 0 Å². The second-order valence-electron chi connectivity index (χ2n) is 5.31. The summed E-state index contributed by atoms with van der Waals surface area (Å²) in [5, 5.41) is 15.2. The fourth-order valence-electron chi connectivity index (χ4n) is 2.37. The van der Waals surface area contributed by atoms with Crippen LogP contribution in [0.2, 0.25) is 0 Å². The topological polar surface area (TPSA) is 138 Å². The van der Waals surface area contributed by atoms with Gasteiger partial charge in [0.05, 0.1) is 23.8 Å². The maximum Gasteiger partial charge on any atom is 0.240 e. The van der Waals surface area contributed by atoms with E-state index >= 15 is 0 Å². The Kier molecular flexibility index (Phi) is 4.97. The summed E-state index contributed by atoms with van der Waals surface area (Å²) < 4.78 is 31.3. The van der Waals surface area contributed by atoms with Gasteiger partial charge >= 0.3 is 0 Å². The van der Waals surface area contributed by atoms with Crippen LogP contribution in [0.3, 0.4) is 0 Å². The summed E-state index contributed by atoms with van der Waals surface area (Å²) in [6.45, 7) is 2.58. The molecule has 3 rings (SSSR count). The van der Waals surface area contributed by atoms with Gasteiger partial charge in [-0.2, -0.15) is 10.2 Å². The summed E-state index contributed by atoms with van der Waals surface area (Å²) in [4.78, 5) is 2.12. The second kappa shape index (κ2) is 7.17. The number of nitrogens with zero attached hydrogens (tertiary/aromatic N) is 4. The van der Waals surface area contributed by atoms with E-state index in [0.29, 0.717) is 49.3 Å². The van der Waals surface area contributed by atoms with Crippen LogP contribution in [0.5, 0.6) is 0 Å². The number of azo groups is 1. The summed E-state index contributed by atoms with van der Waals surface area (Å²) in [5.41, 5.74) is 6.71. The molecule has 134 valence electrons. The highest BCUT2D eigenvalue weighted by molar-refractivity contribution is 7.89. The molecule has 2 heterocycles. The van der Waals surface area contributed by atoms with Crippen molar-refractivity contribution in [2.75, 3.05) is 44.0 Å². The summed E-state index contributed by atoms with van der Waals surface area (Å²) in [7, 11) is -2.19. The number of nitrogens with two attached hydrogens (primary N) is 1. The number of rotatable bonds is 5. The number of morpholine rings is 1. The Morgan fingerprint density at radius 1 is 1.32 bits per heavy atom. The Morgan fingerprint density at radius 2 is 2.08 bits per heavy atom. The summed E-state index contributed by atoms with van der Waals surface area (Å²) >= 11 is 0. The molecule has 11 heteroatoms. The van der Waals surface area contributed by atoms with Crippen LogP contribution in [0.25, 0.3) is 0 Å². The first kappa shape index (κ1) is 17.3. The first-order valence-electron chi connectivity index (χ1n) is 7.63. The molecule has 0 radical (unpaired) electrons. The SMILES string of the molecule is CNS(=O)(=O)c1cccc(N=Nc2c(N3CCOCC3)n[nH]c2N)c1. The predicted molar refractivity (Wildman–Crippen MR) is 92.9 cm³/mol. The number of nitrogens with one attached hydrogen (secondary N) is 2. The van der Waals surface area contributed by atoms with Crippen molar-refractivity contribution in [1.82, 2.24) is 14.9 Å². The summed E-state index contributed by atoms with van der Waals surface area (Å²) in [6, 6.07) is 6.17. The fraction of sp³-hybridized carbons (Fsp3) is 0.357. The number of sulfonamides is 1. The van der Waals surface area contributed by atoms with Crippen LogP contribution < -0.4 is 15.4 Å². The van der Waals surface area contributed by atoms with Crippen molar-refractivity contribution in [2.45, 2.75) is 4.90 Å². The van der Waals surface area contributed by atoms with Crippen LogP contribution in [0.4, 0.5) is 23.0 Å².